The number of amides is 2. The molecule has 2 aliphatic rings. The molecule has 0 bridgehead atoms. The van der Waals surface area contributed by atoms with Crippen LogP contribution in [0.4, 0.5) is 0 Å². The summed E-state index contributed by atoms with van der Waals surface area (Å²) in [5.41, 5.74) is 2.69. The van der Waals surface area contributed by atoms with E-state index in [2.05, 4.69) is 6.92 Å². The molecule has 2 saturated heterocycles. The van der Waals surface area contributed by atoms with Crippen LogP contribution in [0.15, 0.2) is 66.7 Å². The second kappa shape index (κ2) is 8.26. The first kappa shape index (κ1) is 20.5. The van der Waals surface area contributed by atoms with Crippen LogP contribution in [0.2, 0.25) is 0 Å². The molecule has 5 rings (SSSR count). The van der Waals surface area contributed by atoms with Crippen LogP contribution in [0.25, 0.3) is 16.9 Å². The lowest BCUT2D eigenvalue weighted by molar-refractivity contribution is -0.135. The molecule has 1 spiro atoms. The molecule has 164 valence electrons. The van der Waals surface area contributed by atoms with Crippen molar-refractivity contribution in [2.75, 3.05) is 26.2 Å². The minimum atomic E-state index is -0.412. The van der Waals surface area contributed by atoms with Gasteiger partial charge < -0.3 is 9.80 Å². The summed E-state index contributed by atoms with van der Waals surface area (Å²) in [6.07, 6.45) is 2.54. The molecule has 6 nitrogen and oxygen atoms in total. The molecule has 6 heteroatoms. The van der Waals surface area contributed by atoms with Crippen LogP contribution in [0.3, 0.4) is 0 Å². The Kier molecular flexibility index (Phi) is 5.29. The summed E-state index contributed by atoms with van der Waals surface area (Å²) in [5, 5.41) is 4.78. The Hall–Kier alpha value is -3.41. The van der Waals surface area contributed by atoms with Gasteiger partial charge in [0.05, 0.1) is 16.8 Å². The molecule has 3 aromatic rings. The van der Waals surface area contributed by atoms with Gasteiger partial charge in [0.25, 0.3) is 5.91 Å². The zero-order chi connectivity index (χ0) is 22.1. The van der Waals surface area contributed by atoms with Gasteiger partial charge in [-0.2, -0.15) is 5.10 Å². The van der Waals surface area contributed by atoms with E-state index in [1.54, 1.807) is 4.68 Å². The molecule has 2 aromatic carbocycles. The highest BCUT2D eigenvalue weighted by Crippen LogP contribution is 2.41. The van der Waals surface area contributed by atoms with Crippen molar-refractivity contribution >= 4 is 11.8 Å². The minimum absolute atomic E-state index is 0.0675. The Balaban J connectivity index is 1.46. The molecule has 2 fully saturated rings. The molecular formula is C26H28N4O2. The number of aromatic nitrogens is 2. The van der Waals surface area contributed by atoms with Gasteiger partial charge in [0, 0.05) is 31.7 Å². The third kappa shape index (κ3) is 3.49. The largest absolute Gasteiger partial charge is 0.342 e. The molecule has 2 aliphatic heterocycles. The van der Waals surface area contributed by atoms with E-state index in [-0.39, 0.29) is 11.8 Å². The van der Waals surface area contributed by atoms with Gasteiger partial charge >= 0.3 is 0 Å². The lowest BCUT2D eigenvalue weighted by Crippen LogP contribution is -2.38. The van der Waals surface area contributed by atoms with Crippen LogP contribution in [0.1, 0.15) is 36.7 Å². The van der Waals surface area contributed by atoms with Crippen LogP contribution in [-0.2, 0) is 4.79 Å². The van der Waals surface area contributed by atoms with Crippen molar-refractivity contribution in [3.05, 3.63) is 72.4 Å². The molecule has 0 saturated carbocycles. The third-order valence-electron chi connectivity index (χ3n) is 6.73. The van der Waals surface area contributed by atoms with Gasteiger partial charge in [0.15, 0.2) is 0 Å². The van der Waals surface area contributed by atoms with E-state index < -0.39 is 5.41 Å². The maximum Gasteiger partial charge on any atom is 0.272 e. The second-order valence-electron chi connectivity index (χ2n) is 8.83. The van der Waals surface area contributed by atoms with Crippen LogP contribution in [0, 0.1) is 5.41 Å². The van der Waals surface area contributed by atoms with Gasteiger partial charge in [-0.25, -0.2) is 4.68 Å². The van der Waals surface area contributed by atoms with E-state index >= 15 is 0 Å². The predicted octanol–water partition coefficient (Wildman–Crippen LogP) is 4.01. The maximum absolute atomic E-state index is 13.7. The SMILES string of the molecule is CCCN1CCC2(CCN(C(=O)c3cc(-c4ccccc4)nn3-c3ccccc3)C2)C1=O. The zero-order valence-corrected chi connectivity index (χ0v) is 18.4. The maximum atomic E-state index is 13.7. The van der Waals surface area contributed by atoms with Gasteiger partial charge in [0.1, 0.15) is 5.69 Å². The summed E-state index contributed by atoms with van der Waals surface area (Å²) in [4.78, 5) is 30.6. The predicted molar refractivity (Wildman–Crippen MR) is 123 cm³/mol. The molecule has 1 atom stereocenters. The van der Waals surface area contributed by atoms with Crippen LogP contribution >= 0.6 is 0 Å². The van der Waals surface area contributed by atoms with Crippen molar-refractivity contribution in [2.45, 2.75) is 26.2 Å². The summed E-state index contributed by atoms with van der Waals surface area (Å²) < 4.78 is 1.73. The fraction of sp³-hybridized carbons (Fsp3) is 0.346. The molecule has 0 N–H and O–H groups in total. The number of hydrogen-bond acceptors (Lipinski definition) is 3. The molecule has 0 aliphatic carbocycles. The normalized spacial score (nSPS) is 20.5. The van der Waals surface area contributed by atoms with Crippen molar-refractivity contribution in [2.24, 2.45) is 5.41 Å². The van der Waals surface area contributed by atoms with E-state index in [9.17, 15) is 9.59 Å². The van der Waals surface area contributed by atoms with Gasteiger partial charge in [-0.15, -0.1) is 0 Å². The van der Waals surface area contributed by atoms with E-state index in [1.165, 1.54) is 0 Å². The third-order valence-corrected chi connectivity index (χ3v) is 6.73. The molecule has 0 radical (unpaired) electrons. The average Bonchev–Trinajstić information content (AvgIpc) is 3.55. The van der Waals surface area contributed by atoms with Crippen LogP contribution in [0.5, 0.6) is 0 Å². The van der Waals surface area contributed by atoms with Gasteiger partial charge in [-0.3, -0.25) is 9.59 Å². The van der Waals surface area contributed by atoms with Crippen molar-refractivity contribution in [3.63, 3.8) is 0 Å². The smallest absolute Gasteiger partial charge is 0.272 e. The Morgan fingerprint density at radius 2 is 1.69 bits per heavy atom. The zero-order valence-electron chi connectivity index (χ0n) is 18.4. The van der Waals surface area contributed by atoms with Gasteiger partial charge in [-0.1, -0.05) is 55.5 Å². The lowest BCUT2D eigenvalue weighted by atomic mass is 9.85. The van der Waals surface area contributed by atoms with E-state index in [0.717, 1.165) is 49.3 Å². The number of carbonyl (C=O) groups excluding carboxylic acids is 2. The summed E-state index contributed by atoms with van der Waals surface area (Å²) in [6.45, 7) is 4.79. The lowest BCUT2D eigenvalue weighted by Gasteiger charge is -2.23. The van der Waals surface area contributed by atoms with Crippen LogP contribution in [-0.4, -0.2) is 57.6 Å². The summed E-state index contributed by atoms with van der Waals surface area (Å²) in [7, 11) is 0. The molecule has 1 unspecified atom stereocenters. The highest BCUT2D eigenvalue weighted by molar-refractivity contribution is 5.96. The topological polar surface area (TPSA) is 58.4 Å². The highest BCUT2D eigenvalue weighted by atomic mass is 16.2. The van der Waals surface area contributed by atoms with Gasteiger partial charge in [0.2, 0.25) is 5.91 Å². The van der Waals surface area contributed by atoms with Crippen molar-refractivity contribution in [3.8, 4) is 16.9 Å². The number of nitrogens with zero attached hydrogens (tertiary/aromatic N) is 4. The summed E-state index contributed by atoms with van der Waals surface area (Å²) in [6, 6.07) is 21.5. The quantitative estimate of drug-likeness (QED) is 0.617. The van der Waals surface area contributed by atoms with E-state index in [4.69, 9.17) is 5.10 Å². The monoisotopic (exact) mass is 428 g/mol. The number of hydrogen-bond donors (Lipinski definition) is 0. The molecule has 1 aromatic heterocycles. The van der Waals surface area contributed by atoms with Gasteiger partial charge in [-0.05, 0) is 37.5 Å². The van der Waals surface area contributed by atoms with Crippen LogP contribution < -0.4 is 0 Å². The average molecular weight is 429 g/mol. The number of carbonyl (C=O) groups is 2. The Bertz CT molecular complexity index is 1130. The fourth-order valence-electron chi connectivity index (χ4n) is 5.01. The first-order chi connectivity index (χ1) is 15.6. The summed E-state index contributed by atoms with van der Waals surface area (Å²) in [5.74, 6) is 0.151. The number of likely N-dealkylation sites (tertiary alicyclic amines) is 2. The molecular weight excluding hydrogens is 400 g/mol. The first-order valence-electron chi connectivity index (χ1n) is 11.4. The van der Waals surface area contributed by atoms with E-state index in [0.29, 0.717) is 18.8 Å². The van der Waals surface area contributed by atoms with E-state index in [1.807, 2.05) is 76.5 Å². The minimum Gasteiger partial charge on any atom is -0.342 e. The van der Waals surface area contributed by atoms with Crippen molar-refractivity contribution in [1.29, 1.82) is 0 Å². The van der Waals surface area contributed by atoms with Crippen molar-refractivity contribution < 1.29 is 9.59 Å². The number of para-hydroxylation sites is 1. The molecule has 32 heavy (non-hydrogen) atoms. The summed E-state index contributed by atoms with van der Waals surface area (Å²) >= 11 is 0. The second-order valence-corrected chi connectivity index (χ2v) is 8.83. The number of rotatable bonds is 5. The highest BCUT2D eigenvalue weighted by Gasteiger charge is 2.51. The number of benzene rings is 2. The first-order valence-corrected chi connectivity index (χ1v) is 11.4. The molecule has 2 amide bonds. The Morgan fingerprint density at radius 3 is 2.41 bits per heavy atom. The standard InChI is InChI=1S/C26H28N4O2/c1-2-15-28-16-13-26(25(28)32)14-17-29(19-26)24(31)23-18-22(20-9-5-3-6-10-20)27-30(23)21-11-7-4-8-12-21/h3-12,18H,2,13-17,19H2,1H3. The Morgan fingerprint density at radius 1 is 1.00 bits per heavy atom. The Labute approximate surface area is 188 Å². The molecule has 3 heterocycles. The fourth-order valence-corrected chi connectivity index (χ4v) is 5.01. The van der Waals surface area contributed by atoms with Crippen molar-refractivity contribution in [1.82, 2.24) is 19.6 Å².